The summed E-state index contributed by atoms with van der Waals surface area (Å²) < 4.78 is 5.43. The van der Waals surface area contributed by atoms with Crippen LogP contribution in [0.15, 0.2) is 47.1 Å². The van der Waals surface area contributed by atoms with Gasteiger partial charge in [-0.2, -0.15) is 0 Å². The van der Waals surface area contributed by atoms with Gasteiger partial charge in [0.05, 0.1) is 7.11 Å². The van der Waals surface area contributed by atoms with Crippen LogP contribution in [0.4, 0.5) is 0 Å². The van der Waals surface area contributed by atoms with Crippen molar-refractivity contribution in [3.8, 4) is 17.6 Å². The Kier molecular flexibility index (Phi) is 5.60. The SMILES string of the molecule is COc1ccc([C@H]2C[C@@]3(C)[C@@H](CC[C@@]3(O)C#CC(C)(C)C)[C@@H]3CCC4=CC(=O)CCC4=C32)cc1. The topological polar surface area (TPSA) is 46.5 Å². The molecule has 2 saturated carbocycles. The van der Waals surface area contributed by atoms with E-state index in [0.29, 0.717) is 18.3 Å². The summed E-state index contributed by atoms with van der Waals surface area (Å²) in [7, 11) is 1.70. The highest BCUT2D eigenvalue weighted by Crippen LogP contribution is 2.66. The maximum atomic E-state index is 12.2. The van der Waals surface area contributed by atoms with Crippen LogP contribution >= 0.6 is 0 Å². The molecule has 0 radical (unpaired) electrons. The van der Waals surface area contributed by atoms with Crippen molar-refractivity contribution in [3.63, 3.8) is 0 Å². The Balaban J connectivity index is 1.65. The molecule has 1 aromatic rings. The highest BCUT2D eigenvalue weighted by atomic mass is 16.5. The molecule has 0 unspecified atom stereocenters. The van der Waals surface area contributed by atoms with Crippen LogP contribution in [-0.2, 0) is 4.79 Å². The lowest BCUT2D eigenvalue weighted by atomic mass is 9.51. The number of fused-ring (bicyclic) bond motifs is 4. The van der Waals surface area contributed by atoms with E-state index >= 15 is 0 Å². The number of allylic oxidation sites excluding steroid dienone is 4. The van der Waals surface area contributed by atoms with Crippen LogP contribution in [0, 0.1) is 34.5 Å². The fourth-order valence-corrected chi connectivity index (χ4v) is 7.30. The van der Waals surface area contributed by atoms with E-state index in [-0.39, 0.29) is 22.5 Å². The first-order valence-corrected chi connectivity index (χ1v) is 12.9. The van der Waals surface area contributed by atoms with E-state index in [1.165, 1.54) is 16.7 Å². The predicted octanol–water partition coefficient (Wildman–Crippen LogP) is 6.38. The minimum absolute atomic E-state index is 0.138. The van der Waals surface area contributed by atoms with Gasteiger partial charge in [-0.15, -0.1) is 0 Å². The third-order valence-corrected chi connectivity index (χ3v) is 9.05. The monoisotopic (exact) mass is 458 g/mol. The molecule has 0 heterocycles. The van der Waals surface area contributed by atoms with Crippen molar-refractivity contribution in [2.45, 2.75) is 84.2 Å². The zero-order valence-electron chi connectivity index (χ0n) is 21.3. The Hall–Kier alpha value is -2.31. The second-order valence-corrected chi connectivity index (χ2v) is 12.2. The van der Waals surface area contributed by atoms with Gasteiger partial charge in [0, 0.05) is 23.2 Å². The van der Waals surface area contributed by atoms with Crippen molar-refractivity contribution in [1.29, 1.82) is 0 Å². The summed E-state index contributed by atoms with van der Waals surface area (Å²) in [5, 5.41) is 12.0. The minimum Gasteiger partial charge on any atom is -0.497 e. The second-order valence-electron chi connectivity index (χ2n) is 12.2. The van der Waals surface area contributed by atoms with E-state index in [2.05, 4.69) is 51.7 Å². The number of aliphatic hydroxyl groups is 1. The summed E-state index contributed by atoms with van der Waals surface area (Å²) in [6.45, 7) is 8.64. The molecular weight excluding hydrogens is 420 g/mol. The van der Waals surface area contributed by atoms with Gasteiger partial charge in [0.1, 0.15) is 11.4 Å². The molecule has 0 saturated heterocycles. The molecular formula is C31H38O3. The van der Waals surface area contributed by atoms with Crippen molar-refractivity contribution >= 4 is 5.78 Å². The molecule has 0 aliphatic heterocycles. The van der Waals surface area contributed by atoms with Gasteiger partial charge in [0.15, 0.2) is 5.78 Å². The van der Waals surface area contributed by atoms with Crippen LogP contribution in [0.1, 0.15) is 84.1 Å². The Morgan fingerprint density at radius 1 is 1.09 bits per heavy atom. The molecule has 0 bridgehead atoms. The summed E-state index contributed by atoms with van der Waals surface area (Å²) in [4.78, 5) is 12.2. The fourth-order valence-electron chi connectivity index (χ4n) is 7.30. The fraction of sp³-hybridized carbons (Fsp3) is 0.581. The summed E-state index contributed by atoms with van der Waals surface area (Å²) in [6.07, 6.45) is 8.08. The first-order chi connectivity index (χ1) is 16.0. The summed E-state index contributed by atoms with van der Waals surface area (Å²) in [5.41, 5.74) is 4.16. The zero-order valence-corrected chi connectivity index (χ0v) is 21.3. The van der Waals surface area contributed by atoms with E-state index in [1.54, 1.807) is 12.7 Å². The van der Waals surface area contributed by atoms with Gasteiger partial charge in [-0.1, -0.05) is 36.5 Å². The number of methoxy groups -OCH3 is 1. The first kappa shape index (κ1) is 23.4. The molecule has 1 N–H and O–H groups in total. The van der Waals surface area contributed by atoms with Gasteiger partial charge in [0.2, 0.25) is 0 Å². The lowest BCUT2D eigenvalue weighted by Gasteiger charge is -2.53. The normalized spacial score (nSPS) is 34.9. The molecule has 0 aromatic heterocycles. The summed E-state index contributed by atoms with van der Waals surface area (Å²) in [6, 6.07) is 8.49. The molecule has 4 aliphatic rings. The van der Waals surface area contributed by atoms with Gasteiger partial charge < -0.3 is 9.84 Å². The van der Waals surface area contributed by atoms with E-state index < -0.39 is 5.60 Å². The van der Waals surface area contributed by atoms with Crippen LogP contribution in [0.5, 0.6) is 5.75 Å². The van der Waals surface area contributed by atoms with Gasteiger partial charge in [0.25, 0.3) is 0 Å². The van der Waals surface area contributed by atoms with Gasteiger partial charge in [-0.25, -0.2) is 0 Å². The quantitative estimate of drug-likeness (QED) is 0.524. The number of carbonyl (C=O) groups is 1. The largest absolute Gasteiger partial charge is 0.497 e. The predicted molar refractivity (Wildman–Crippen MR) is 135 cm³/mol. The lowest BCUT2D eigenvalue weighted by Crippen LogP contribution is -2.51. The average molecular weight is 459 g/mol. The molecule has 0 amide bonds. The smallest absolute Gasteiger partial charge is 0.156 e. The number of ether oxygens (including phenoxy) is 1. The Morgan fingerprint density at radius 2 is 1.82 bits per heavy atom. The Labute approximate surface area is 204 Å². The summed E-state index contributed by atoms with van der Waals surface area (Å²) in [5.74, 6) is 9.00. The third kappa shape index (κ3) is 3.75. The summed E-state index contributed by atoms with van der Waals surface area (Å²) >= 11 is 0. The number of benzene rings is 1. The number of ketones is 1. The number of rotatable bonds is 2. The number of hydrogen-bond acceptors (Lipinski definition) is 3. The van der Waals surface area contributed by atoms with Gasteiger partial charge in [-0.05, 0) is 106 Å². The minimum atomic E-state index is -0.968. The first-order valence-electron chi connectivity index (χ1n) is 12.9. The highest BCUT2D eigenvalue weighted by Gasteiger charge is 2.62. The molecule has 0 spiro atoms. The van der Waals surface area contributed by atoms with E-state index in [0.717, 1.165) is 44.3 Å². The van der Waals surface area contributed by atoms with E-state index in [1.807, 2.05) is 18.2 Å². The van der Waals surface area contributed by atoms with Crippen LogP contribution in [0.2, 0.25) is 0 Å². The molecule has 1 aromatic carbocycles. The standard InChI is InChI=1S/C31H38O3/c1-29(2,3)16-17-31(33)15-14-27-25-12-8-21-18-22(32)9-13-24(21)28(25)26(19-30(27,31)4)20-6-10-23(34-5)11-7-20/h6-7,10-11,18,25-27,33H,8-9,12-15,19H2,1-5H3/t25-,26+,27-,30-,31+/m0/s1. The van der Waals surface area contributed by atoms with Crippen molar-refractivity contribution < 1.29 is 14.6 Å². The second kappa shape index (κ2) is 8.13. The molecule has 34 heavy (non-hydrogen) atoms. The van der Waals surface area contributed by atoms with E-state index in [9.17, 15) is 9.90 Å². The lowest BCUT2D eigenvalue weighted by molar-refractivity contribution is -0.114. The van der Waals surface area contributed by atoms with Crippen molar-refractivity contribution in [2.24, 2.45) is 22.7 Å². The number of carbonyl (C=O) groups excluding carboxylic acids is 1. The molecule has 3 heteroatoms. The van der Waals surface area contributed by atoms with E-state index in [4.69, 9.17) is 4.74 Å². The zero-order chi connectivity index (χ0) is 24.3. The maximum Gasteiger partial charge on any atom is 0.156 e. The molecule has 5 rings (SSSR count). The Bertz CT molecular complexity index is 1120. The molecule has 3 nitrogen and oxygen atoms in total. The van der Waals surface area contributed by atoms with Crippen molar-refractivity contribution in [2.75, 3.05) is 7.11 Å². The van der Waals surface area contributed by atoms with Crippen molar-refractivity contribution in [1.82, 2.24) is 0 Å². The third-order valence-electron chi connectivity index (χ3n) is 9.05. The molecule has 5 atom stereocenters. The highest BCUT2D eigenvalue weighted by molar-refractivity contribution is 5.93. The Morgan fingerprint density at radius 3 is 2.50 bits per heavy atom. The maximum absolute atomic E-state index is 12.2. The average Bonchev–Trinajstić information content (AvgIpc) is 3.07. The van der Waals surface area contributed by atoms with Crippen LogP contribution in [0.25, 0.3) is 0 Å². The van der Waals surface area contributed by atoms with Crippen LogP contribution < -0.4 is 4.74 Å². The van der Waals surface area contributed by atoms with Crippen molar-refractivity contribution in [3.05, 3.63) is 52.6 Å². The van der Waals surface area contributed by atoms with Gasteiger partial charge in [-0.3, -0.25) is 4.79 Å². The number of hydrogen-bond donors (Lipinski definition) is 1. The van der Waals surface area contributed by atoms with Crippen LogP contribution in [-0.4, -0.2) is 23.6 Å². The van der Waals surface area contributed by atoms with Crippen LogP contribution in [0.3, 0.4) is 0 Å². The molecule has 4 aliphatic carbocycles. The molecule has 2 fully saturated rings. The molecule has 180 valence electrons. The van der Waals surface area contributed by atoms with Gasteiger partial charge >= 0.3 is 0 Å².